The molecule has 0 aliphatic rings. The summed E-state index contributed by atoms with van der Waals surface area (Å²) in [7, 11) is 0. The maximum atomic E-state index is 10.8. The van der Waals surface area contributed by atoms with Gasteiger partial charge in [0.05, 0.1) is 0 Å². The van der Waals surface area contributed by atoms with Crippen molar-refractivity contribution in [3.05, 3.63) is 11.7 Å². The average Bonchev–Trinajstić information content (AvgIpc) is 2.64. The number of nitrogens with two attached hydrogens (primary N) is 2. The molecule has 6 nitrogen and oxygen atoms in total. The molecular weight excluding hydrogens is 208 g/mol. The first-order valence-corrected chi connectivity index (χ1v) is 5.35. The lowest BCUT2D eigenvalue weighted by molar-refractivity contribution is 0.0987. The van der Waals surface area contributed by atoms with Gasteiger partial charge in [-0.15, -0.1) is 0 Å². The average molecular weight is 226 g/mol. The first kappa shape index (κ1) is 12.6. The molecule has 0 aliphatic carbocycles. The van der Waals surface area contributed by atoms with Gasteiger partial charge in [0.15, 0.2) is 0 Å². The molecule has 1 atom stereocenters. The summed E-state index contributed by atoms with van der Waals surface area (Å²) >= 11 is 0. The first-order chi connectivity index (χ1) is 7.52. The number of hydrogen-bond donors (Lipinski definition) is 2. The fraction of sp³-hybridized carbons (Fsp3) is 0.700. The van der Waals surface area contributed by atoms with Crippen LogP contribution < -0.4 is 11.5 Å². The Bertz CT molecular complexity index is 348. The van der Waals surface area contributed by atoms with Crippen LogP contribution in [0.4, 0.5) is 0 Å². The Morgan fingerprint density at radius 3 is 2.62 bits per heavy atom. The highest BCUT2D eigenvalue weighted by atomic mass is 16.5. The minimum atomic E-state index is -0.678. The fourth-order valence-electron chi connectivity index (χ4n) is 1.61. The van der Waals surface area contributed by atoms with Crippen molar-refractivity contribution in [2.45, 2.75) is 26.7 Å². The predicted molar refractivity (Wildman–Crippen MR) is 58.5 cm³/mol. The van der Waals surface area contributed by atoms with E-state index < -0.39 is 5.91 Å². The Hall–Kier alpha value is -1.43. The lowest BCUT2D eigenvalue weighted by atomic mass is 9.94. The molecule has 0 saturated carbocycles. The van der Waals surface area contributed by atoms with Crippen molar-refractivity contribution in [3.8, 4) is 0 Å². The lowest BCUT2D eigenvalue weighted by Crippen LogP contribution is -2.19. The number of nitrogens with zero attached hydrogens (tertiary/aromatic N) is 2. The van der Waals surface area contributed by atoms with E-state index in [2.05, 4.69) is 24.0 Å². The predicted octanol–water partition coefficient (Wildman–Crippen LogP) is 0.332. The molecule has 0 bridgehead atoms. The third kappa shape index (κ3) is 3.62. The summed E-state index contributed by atoms with van der Waals surface area (Å²) in [4.78, 5) is 14.7. The molecule has 4 N–H and O–H groups in total. The van der Waals surface area contributed by atoms with Gasteiger partial charge in [-0.25, -0.2) is 0 Å². The molecule has 0 radical (unpaired) electrons. The van der Waals surface area contributed by atoms with Gasteiger partial charge in [0.1, 0.15) is 0 Å². The minimum absolute atomic E-state index is 0.0738. The number of carbonyl (C=O) groups is 1. The summed E-state index contributed by atoms with van der Waals surface area (Å²) in [6.45, 7) is 4.82. The molecule has 0 saturated heterocycles. The Morgan fingerprint density at radius 1 is 1.50 bits per heavy atom. The van der Waals surface area contributed by atoms with Crippen LogP contribution in [-0.2, 0) is 6.42 Å². The molecule has 0 unspecified atom stereocenters. The van der Waals surface area contributed by atoms with Crippen molar-refractivity contribution in [2.75, 3.05) is 6.54 Å². The van der Waals surface area contributed by atoms with E-state index in [1.165, 1.54) is 0 Å². The smallest absolute Gasteiger partial charge is 0.290 e. The Balaban J connectivity index is 2.59. The van der Waals surface area contributed by atoms with Gasteiger partial charge in [-0.05, 0) is 24.8 Å². The molecule has 1 aromatic rings. The van der Waals surface area contributed by atoms with Crippen molar-refractivity contribution in [3.63, 3.8) is 0 Å². The van der Waals surface area contributed by atoms with E-state index in [1.54, 1.807) is 0 Å². The van der Waals surface area contributed by atoms with Crippen LogP contribution in [0.15, 0.2) is 4.52 Å². The number of primary amides is 1. The third-order valence-corrected chi connectivity index (χ3v) is 2.29. The third-order valence-electron chi connectivity index (χ3n) is 2.29. The summed E-state index contributed by atoms with van der Waals surface area (Å²) in [5.41, 5.74) is 10.7. The molecule has 1 rings (SSSR count). The van der Waals surface area contributed by atoms with Gasteiger partial charge < -0.3 is 16.0 Å². The zero-order chi connectivity index (χ0) is 12.1. The summed E-state index contributed by atoms with van der Waals surface area (Å²) in [6.07, 6.45) is 1.58. The highest BCUT2D eigenvalue weighted by Crippen LogP contribution is 2.15. The molecule has 90 valence electrons. The number of hydrogen-bond acceptors (Lipinski definition) is 5. The van der Waals surface area contributed by atoms with E-state index >= 15 is 0 Å². The van der Waals surface area contributed by atoms with Gasteiger partial charge in [0.2, 0.25) is 5.89 Å². The second kappa shape index (κ2) is 5.60. The topological polar surface area (TPSA) is 108 Å². The molecule has 0 spiro atoms. The number of amides is 1. The first-order valence-electron chi connectivity index (χ1n) is 5.35. The maximum Gasteiger partial charge on any atom is 0.290 e. The molecule has 0 fully saturated rings. The van der Waals surface area contributed by atoms with E-state index in [0.29, 0.717) is 30.7 Å². The number of aromatic nitrogens is 2. The lowest BCUT2D eigenvalue weighted by Gasteiger charge is -2.14. The van der Waals surface area contributed by atoms with Crippen molar-refractivity contribution < 1.29 is 9.32 Å². The molecule has 6 heteroatoms. The molecule has 0 aromatic carbocycles. The highest BCUT2D eigenvalue weighted by Gasteiger charge is 2.16. The van der Waals surface area contributed by atoms with Gasteiger partial charge in [-0.2, -0.15) is 4.98 Å². The normalized spacial score (nSPS) is 13.0. The largest absolute Gasteiger partial charge is 0.363 e. The highest BCUT2D eigenvalue weighted by molar-refractivity contribution is 5.88. The van der Waals surface area contributed by atoms with Gasteiger partial charge in [0, 0.05) is 6.42 Å². The molecule has 0 aliphatic heterocycles. The zero-order valence-corrected chi connectivity index (χ0v) is 9.64. The number of rotatable bonds is 6. The van der Waals surface area contributed by atoms with Crippen LogP contribution in [-0.4, -0.2) is 22.6 Å². The van der Waals surface area contributed by atoms with Crippen LogP contribution in [0.5, 0.6) is 0 Å². The van der Waals surface area contributed by atoms with E-state index in [1.807, 2.05) is 0 Å². The van der Waals surface area contributed by atoms with Crippen molar-refractivity contribution >= 4 is 5.91 Å². The van der Waals surface area contributed by atoms with Crippen molar-refractivity contribution in [1.82, 2.24) is 10.1 Å². The Labute approximate surface area is 94.4 Å². The molecule has 1 heterocycles. The van der Waals surface area contributed by atoms with Crippen LogP contribution in [0.1, 0.15) is 36.8 Å². The van der Waals surface area contributed by atoms with E-state index in [0.717, 1.165) is 6.42 Å². The van der Waals surface area contributed by atoms with E-state index in [-0.39, 0.29) is 5.82 Å². The standard InChI is InChI=1S/C10H18N4O2/c1-6(2)3-7(5-11)4-8-13-10(9(12)15)14-16-8/h6-7H,3-5,11H2,1-2H3,(H2,12,15)/t7-/m0/s1. The fourth-order valence-corrected chi connectivity index (χ4v) is 1.61. The van der Waals surface area contributed by atoms with Crippen LogP contribution in [0.2, 0.25) is 0 Å². The maximum absolute atomic E-state index is 10.8. The SMILES string of the molecule is CC(C)C[C@H](CN)Cc1nc(C(N)=O)no1. The van der Waals surface area contributed by atoms with E-state index in [4.69, 9.17) is 16.0 Å². The minimum Gasteiger partial charge on any atom is -0.363 e. The van der Waals surface area contributed by atoms with Crippen LogP contribution in [0, 0.1) is 11.8 Å². The van der Waals surface area contributed by atoms with Gasteiger partial charge in [-0.1, -0.05) is 19.0 Å². The second-order valence-electron chi connectivity index (χ2n) is 4.31. The Kier molecular flexibility index (Phi) is 4.42. The van der Waals surface area contributed by atoms with Crippen LogP contribution in [0.25, 0.3) is 0 Å². The second-order valence-corrected chi connectivity index (χ2v) is 4.31. The van der Waals surface area contributed by atoms with Gasteiger partial charge >= 0.3 is 0 Å². The van der Waals surface area contributed by atoms with E-state index in [9.17, 15) is 4.79 Å². The number of carbonyl (C=O) groups excluding carboxylic acids is 1. The summed E-state index contributed by atoms with van der Waals surface area (Å²) < 4.78 is 4.92. The summed E-state index contributed by atoms with van der Waals surface area (Å²) in [6, 6.07) is 0. The summed E-state index contributed by atoms with van der Waals surface area (Å²) in [5, 5.41) is 3.48. The molecule has 1 aromatic heterocycles. The molecule has 1 amide bonds. The van der Waals surface area contributed by atoms with Crippen LogP contribution in [0.3, 0.4) is 0 Å². The molecule has 16 heavy (non-hydrogen) atoms. The summed E-state index contributed by atoms with van der Waals surface area (Å²) in [5.74, 6) is 0.525. The van der Waals surface area contributed by atoms with Gasteiger partial charge in [0.25, 0.3) is 11.7 Å². The van der Waals surface area contributed by atoms with Crippen molar-refractivity contribution in [2.24, 2.45) is 23.3 Å². The Morgan fingerprint density at radius 2 is 2.19 bits per heavy atom. The van der Waals surface area contributed by atoms with Crippen LogP contribution >= 0.6 is 0 Å². The van der Waals surface area contributed by atoms with Crippen molar-refractivity contribution in [1.29, 1.82) is 0 Å². The molecular formula is C10H18N4O2. The van der Waals surface area contributed by atoms with Gasteiger partial charge in [-0.3, -0.25) is 4.79 Å². The quantitative estimate of drug-likeness (QED) is 0.726. The zero-order valence-electron chi connectivity index (χ0n) is 9.64. The monoisotopic (exact) mass is 226 g/mol.